The van der Waals surface area contributed by atoms with Crippen LogP contribution in [-0.4, -0.2) is 36.1 Å². The van der Waals surface area contributed by atoms with E-state index in [1.54, 1.807) is 0 Å². The van der Waals surface area contributed by atoms with E-state index in [0.717, 1.165) is 36.2 Å². The van der Waals surface area contributed by atoms with Crippen LogP contribution in [0.25, 0.3) is 10.9 Å². The first-order valence-electron chi connectivity index (χ1n) is 8.86. The highest BCUT2D eigenvalue weighted by molar-refractivity contribution is 9.10. The molecular formula is C21H22BrN3. The van der Waals surface area contributed by atoms with Gasteiger partial charge < -0.3 is 5.32 Å². The van der Waals surface area contributed by atoms with Crippen LogP contribution >= 0.6 is 15.9 Å². The maximum Gasteiger partial charge on any atom is 0.0702 e. The second-order valence-electron chi connectivity index (χ2n) is 6.56. The molecule has 1 unspecified atom stereocenters. The Bertz CT molecular complexity index is 856. The van der Waals surface area contributed by atoms with E-state index in [4.69, 9.17) is 4.98 Å². The molecule has 1 N–H and O–H groups in total. The van der Waals surface area contributed by atoms with Crippen molar-refractivity contribution in [1.29, 1.82) is 0 Å². The maximum absolute atomic E-state index is 4.71. The van der Waals surface area contributed by atoms with Crippen LogP contribution in [0.4, 0.5) is 0 Å². The lowest BCUT2D eigenvalue weighted by molar-refractivity contribution is 0.241. The normalized spacial score (nSPS) is 17.3. The van der Waals surface area contributed by atoms with Crippen LogP contribution in [0.5, 0.6) is 0 Å². The molecule has 3 nitrogen and oxygen atoms in total. The van der Waals surface area contributed by atoms with Gasteiger partial charge in [0.2, 0.25) is 0 Å². The van der Waals surface area contributed by atoms with Crippen LogP contribution in [0.1, 0.15) is 23.6 Å². The van der Waals surface area contributed by atoms with Gasteiger partial charge >= 0.3 is 0 Å². The van der Waals surface area contributed by atoms with E-state index in [1.807, 2.05) is 12.3 Å². The molecule has 4 rings (SSSR count). The molecule has 0 aliphatic carbocycles. The average molecular weight is 396 g/mol. The molecule has 25 heavy (non-hydrogen) atoms. The van der Waals surface area contributed by atoms with Crippen LogP contribution in [0, 0.1) is 0 Å². The van der Waals surface area contributed by atoms with E-state index in [9.17, 15) is 0 Å². The number of nitrogens with one attached hydrogen (secondary N) is 1. The minimum absolute atomic E-state index is 0.231. The first-order chi connectivity index (χ1) is 12.3. The fourth-order valence-corrected chi connectivity index (χ4v) is 4.07. The Hall–Kier alpha value is -1.75. The van der Waals surface area contributed by atoms with Crippen molar-refractivity contribution < 1.29 is 0 Å². The Morgan fingerprint density at radius 3 is 2.80 bits per heavy atom. The van der Waals surface area contributed by atoms with Crippen LogP contribution in [-0.2, 0) is 0 Å². The molecule has 1 fully saturated rings. The molecule has 4 heteroatoms. The maximum atomic E-state index is 4.71. The third-order valence-electron chi connectivity index (χ3n) is 4.83. The summed E-state index contributed by atoms with van der Waals surface area (Å²) in [6.45, 7) is 4.27. The smallest absolute Gasteiger partial charge is 0.0702 e. The van der Waals surface area contributed by atoms with Crippen LogP contribution in [0.15, 0.2) is 65.3 Å². The van der Waals surface area contributed by atoms with Gasteiger partial charge in [0, 0.05) is 35.7 Å². The Labute approximate surface area is 157 Å². The standard InChI is InChI=1S/C21H22BrN3/c22-19-7-3-6-17(14-19)21(25-11-4-9-23-10-12-25)18-13-16-5-1-2-8-20(16)24-15-18/h1-3,5-8,13-15,21,23H,4,9-12H2. The minimum Gasteiger partial charge on any atom is -0.315 e. The lowest BCUT2D eigenvalue weighted by atomic mass is 9.97. The number of halogens is 1. The molecule has 0 spiro atoms. The van der Waals surface area contributed by atoms with E-state index in [-0.39, 0.29) is 6.04 Å². The van der Waals surface area contributed by atoms with Gasteiger partial charge in [0.1, 0.15) is 0 Å². The fraction of sp³-hybridized carbons (Fsp3) is 0.286. The second-order valence-corrected chi connectivity index (χ2v) is 7.47. The average Bonchev–Trinajstić information content (AvgIpc) is 2.91. The molecule has 0 bridgehead atoms. The van der Waals surface area contributed by atoms with Gasteiger partial charge in [0.15, 0.2) is 0 Å². The van der Waals surface area contributed by atoms with Crippen LogP contribution in [0.2, 0.25) is 0 Å². The highest BCUT2D eigenvalue weighted by Gasteiger charge is 2.24. The molecule has 1 aromatic heterocycles. The van der Waals surface area contributed by atoms with Gasteiger partial charge in [0.05, 0.1) is 11.6 Å². The third-order valence-corrected chi connectivity index (χ3v) is 5.32. The number of fused-ring (bicyclic) bond motifs is 1. The van der Waals surface area contributed by atoms with Crippen molar-refractivity contribution in [1.82, 2.24) is 15.2 Å². The molecule has 0 saturated carbocycles. The molecular weight excluding hydrogens is 374 g/mol. The summed E-state index contributed by atoms with van der Waals surface area (Å²) < 4.78 is 1.12. The van der Waals surface area contributed by atoms with Gasteiger partial charge in [-0.05, 0) is 48.4 Å². The van der Waals surface area contributed by atoms with Crippen molar-refractivity contribution in [2.75, 3.05) is 26.2 Å². The SMILES string of the molecule is Brc1cccc(C(c2cnc3ccccc3c2)N2CCCNCC2)c1. The van der Waals surface area contributed by atoms with Gasteiger partial charge in [-0.25, -0.2) is 0 Å². The van der Waals surface area contributed by atoms with E-state index < -0.39 is 0 Å². The number of hydrogen-bond donors (Lipinski definition) is 1. The number of benzene rings is 2. The predicted molar refractivity (Wildman–Crippen MR) is 107 cm³/mol. The summed E-state index contributed by atoms with van der Waals surface area (Å²) in [5.74, 6) is 0. The number of hydrogen-bond acceptors (Lipinski definition) is 3. The third kappa shape index (κ3) is 3.76. The van der Waals surface area contributed by atoms with Gasteiger partial charge in [-0.15, -0.1) is 0 Å². The van der Waals surface area contributed by atoms with Gasteiger partial charge in [-0.2, -0.15) is 0 Å². The van der Waals surface area contributed by atoms with Gasteiger partial charge in [0.25, 0.3) is 0 Å². The highest BCUT2D eigenvalue weighted by atomic mass is 79.9. The summed E-state index contributed by atoms with van der Waals surface area (Å²) in [6.07, 6.45) is 3.22. The first-order valence-corrected chi connectivity index (χ1v) is 9.65. The zero-order valence-corrected chi connectivity index (χ0v) is 15.7. The lowest BCUT2D eigenvalue weighted by Crippen LogP contribution is -2.33. The van der Waals surface area contributed by atoms with Crippen molar-refractivity contribution in [2.24, 2.45) is 0 Å². The summed E-state index contributed by atoms with van der Waals surface area (Å²) in [5.41, 5.74) is 3.63. The Balaban J connectivity index is 1.80. The molecule has 1 atom stereocenters. The number of rotatable bonds is 3. The van der Waals surface area contributed by atoms with E-state index in [0.29, 0.717) is 0 Å². The van der Waals surface area contributed by atoms with E-state index in [1.165, 1.54) is 22.9 Å². The van der Waals surface area contributed by atoms with E-state index in [2.05, 4.69) is 74.7 Å². The fourth-order valence-electron chi connectivity index (χ4n) is 3.65. The highest BCUT2D eigenvalue weighted by Crippen LogP contribution is 2.31. The van der Waals surface area contributed by atoms with Crippen molar-refractivity contribution in [3.05, 3.63) is 76.4 Å². The predicted octanol–water partition coefficient (Wildman–Crippen LogP) is 4.38. The number of para-hydroxylation sites is 1. The Morgan fingerprint density at radius 1 is 0.960 bits per heavy atom. The Morgan fingerprint density at radius 2 is 1.88 bits per heavy atom. The first kappa shape index (κ1) is 16.7. The topological polar surface area (TPSA) is 28.2 Å². The molecule has 0 radical (unpaired) electrons. The molecule has 1 aliphatic rings. The van der Waals surface area contributed by atoms with E-state index >= 15 is 0 Å². The zero-order chi connectivity index (χ0) is 17.1. The summed E-state index contributed by atoms with van der Waals surface area (Å²) in [4.78, 5) is 7.29. The summed E-state index contributed by atoms with van der Waals surface area (Å²) >= 11 is 3.64. The molecule has 1 aliphatic heterocycles. The molecule has 128 valence electrons. The quantitative estimate of drug-likeness (QED) is 0.712. The van der Waals surface area contributed by atoms with Crippen LogP contribution < -0.4 is 5.32 Å². The second kappa shape index (κ2) is 7.65. The number of aromatic nitrogens is 1. The summed E-state index contributed by atoms with van der Waals surface area (Å²) in [5, 5.41) is 4.71. The van der Waals surface area contributed by atoms with Crippen molar-refractivity contribution in [3.8, 4) is 0 Å². The minimum atomic E-state index is 0.231. The molecule has 3 aromatic rings. The summed E-state index contributed by atoms with van der Waals surface area (Å²) in [6, 6.07) is 19.5. The Kier molecular flexibility index (Phi) is 5.11. The van der Waals surface area contributed by atoms with Crippen molar-refractivity contribution in [2.45, 2.75) is 12.5 Å². The molecule has 2 aromatic carbocycles. The number of pyridine rings is 1. The monoisotopic (exact) mass is 395 g/mol. The molecule has 1 saturated heterocycles. The molecule has 2 heterocycles. The number of nitrogens with zero attached hydrogens (tertiary/aromatic N) is 2. The van der Waals surface area contributed by atoms with Gasteiger partial charge in [-0.3, -0.25) is 9.88 Å². The lowest BCUT2D eigenvalue weighted by Gasteiger charge is -2.31. The van der Waals surface area contributed by atoms with Crippen molar-refractivity contribution >= 4 is 26.8 Å². The van der Waals surface area contributed by atoms with Crippen LogP contribution in [0.3, 0.4) is 0 Å². The van der Waals surface area contributed by atoms with Crippen molar-refractivity contribution in [3.63, 3.8) is 0 Å². The van der Waals surface area contributed by atoms with Gasteiger partial charge in [-0.1, -0.05) is 46.3 Å². The molecule has 0 amide bonds. The largest absolute Gasteiger partial charge is 0.315 e. The summed E-state index contributed by atoms with van der Waals surface area (Å²) in [7, 11) is 0. The zero-order valence-electron chi connectivity index (χ0n) is 14.2.